The van der Waals surface area contributed by atoms with Crippen LogP contribution in [0.25, 0.3) is 11.4 Å². The molecule has 1 atom stereocenters. The number of amides is 1. The molecule has 1 fully saturated rings. The lowest BCUT2D eigenvalue weighted by Gasteiger charge is -2.20. The van der Waals surface area contributed by atoms with Gasteiger partial charge in [-0.3, -0.25) is 4.79 Å². The van der Waals surface area contributed by atoms with Gasteiger partial charge in [0, 0.05) is 24.9 Å². The van der Waals surface area contributed by atoms with E-state index >= 15 is 0 Å². The van der Waals surface area contributed by atoms with Crippen molar-refractivity contribution in [1.29, 1.82) is 0 Å². The molecule has 26 heavy (non-hydrogen) atoms. The Morgan fingerprint density at radius 1 is 1.31 bits per heavy atom. The lowest BCUT2D eigenvalue weighted by Crippen LogP contribution is -2.40. The van der Waals surface area contributed by atoms with Crippen LogP contribution in [0.15, 0.2) is 28.8 Å². The van der Waals surface area contributed by atoms with E-state index in [1.165, 1.54) is 10.5 Å². The van der Waals surface area contributed by atoms with Crippen molar-refractivity contribution in [2.45, 2.75) is 51.5 Å². The smallest absolute Gasteiger partial charge is 0.326 e. The summed E-state index contributed by atoms with van der Waals surface area (Å²) in [5, 5.41) is 13.1. The summed E-state index contributed by atoms with van der Waals surface area (Å²) in [5.41, 5.74) is 2.10. The molecule has 7 heteroatoms. The van der Waals surface area contributed by atoms with E-state index in [9.17, 15) is 9.59 Å². The Hall–Kier alpha value is -2.70. The second-order valence-electron chi connectivity index (χ2n) is 6.87. The number of aliphatic carboxylic acids is 1. The number of nitrogens with zero attached hydrogens (tertiary/aromatic N) is 3. The molecule has 0 aliphatic carbocycles. The molecular formula is C19H23N3O4. The van der Waals surface area contributed by atoms with Crippen molar-refractivity contribution < 1.29 is 19.2 Å². The standard InChI is InChI=1S/C19H23N3O4/c1-12(2)13-5-7-14(8-6-13)18-20-16(26-21-18)9-10-17(23)22-11-3-4-15(22)19(24)25/h5-8,12,15H,3-4,9-11H2,1-2H3,(H,24,25)/t15-/m1/s1. The molecule has 1 saturated heterocycles. The van der Waals surface area contributed by atoms with E-state index < -0.39 is 12.0 Å². The fourth-order valence-corrected chi connectivity index (χ4v) is 3.17. The van der Waals surface area contributed by atoms with Crippen LogP contribution in [0.1, 0.15) is 50.5 Å². The summed E-state index contributed by atoms with van der Waals surface area (Å²) in [7, 11) is 0. The second kappa shape index (κ2) is 7.68. The molecule has 1 amide bonds. The zero-order valence-corrected chi connectivity index (χ0v) is 15.0. The molecule has 1 aliphatic heterocycles. The van der Waals surface area contributed by atoms with Crippen LogP contribution in [0.5, 0.6) is 0 Å². The zero-order chi connectivity index (χ0) is 18.7. The first-order valence-electron chi connectivity index (χ1n) is 8.91. The molecular weight excluding hydrogens is 334 g/mol. The highest BCUT2D eigenvalue weighted by Crippen LogP contribution is 2.22. The van der Waals surface area contributed by atoms with Crippen LogP contribution in [-0.2, 0) is 16.0 Å². The SMILES string of the molecule is CC(C)c1ccc(-c2noc(CCC(=O)N3CCC[C@@H]3C(=O)O)n2)cc1. The molecule has 2 aromatic rings. The molecule has 1 aromatic heterocycles. The number of carbonyl (C=O) groups excluding carboxylic acids is 1. The Balaban J connectivity index is 1.60. The minimum absolute atomic E-state index is 0.164. The van der Waals surface area contributed by atoms with Gasteiger partial charge in [0.1, 0.15) is 6.04 Å². The van der Waals surface area contributed by atoms with E-state index in [2.05, 4.69) is 24.0 Å². The number of aryl methyl sites for hydroxylation is 1. The third-order valence-corrected chi connectivity index (χ3v) is 4.71. The molecule has 3 rings (SSSR count). The molecule has 0 spiro atoms. The second-order valence-corrected chi connectivity index (χ2v) is 6.87. The molecule has 2 heterocycles. The Labute approximate surface area is 152 Å². The quantitative estimate of drug-likeness (QED) is 0.854. The van der Waals surface area contributed by atoms with E-state index in [-0.39, 0.29) is 12.3 Å². The van der Waals surface area contributed by atoms with Gasteiger partial charge < -0.3 is 14.5 Å². The minimum Gasteiger partial charge on any atom is -0.480 e. The maximum atomic E-state index is 12.3. The maximum Gasteiger partial charge on any atom is 0.326 e. The normalized spacial score (nSPS) is 17.0. The topological polar surface area (TPSA) is 96.5 Å². The highest BCUT2D eigenvalue weighted by molar-refractivity contribution is 5.84. The van der Waals surface area contributed by atoms with E-state index in [4.69, 9.17) is 9.63 Å². The van der Waals surface area contributed by atoms with Crippen molar-refractivity contribution in [3.8, 4) is 11.4 Å². The monoisotopic (exact) mass is 357 g/mol. The molecule has 1 N–H and O–H groups in total. The molecule has 0 saturated carbocycles. The number of carboxylic acids is 1. The molecule has 0 unspecified atom stereocenters. The van der Waals surface area contributed by atoms with Crippen LogP contribution in [0.2, 0.25) is 0 Å². The zero-order valence-electron chi connectivity index (χ0n) is 15.0. The van der Waals surface area contributed by atoms with Crippen molar-refractivity contribution in [3.05, 3.63) is 35.7 Å². The van der Waals surface area contributed by atoms with Crippen LogP contribution in [-0.4, -0.2) is 44.6 Å². The summed E-state index contributed by atoms with van der Waals surface area (Å²) in [6.07, 6.45) is 1.70. The number of carboxylic acid groups (broad SMARTS) is 1. The van der Waals surface area contributed by atoms with Gasteiger partial charge in [-0.1, -0.05) is 43.3 Å². The summed E-state index contributed by atoms with van der Waals surface area (Å²) in [4.78, 5) is 29.2. The minimum atomic E-state index is -0.944. The highest BCUT2D eigenvalue weighted by Gasteiger charge is 2.33. The van der Waals surface area contributed by atoms with Crippen molar-refractivity contribution in [1.82, 2.24) is 15.0 Å². The predicted molar refractivity (Wildman–Crippen MR) is 94.5 cm³/mol. The average molecular weight is 357 g/mol. The van der Waals surface area contributed by atoms with Gasteiger partial charge in [0.2, 0.25) is 17.6 Å². The Kier molecular flexibility index (Phi) is 5.35. The van der Waals surface area contributed by atoms with E-state index in [0.29, 0.717) is 37.0 Å². The van der Waals surface area contributed by atoms with Crippen LogP contribution >= 0.6 is 0 Å². The Morgan fingerprint density at radius 3 is 2.69 bits per heavy atom. The molecule has 1 aliphatic rings. The van der Waals surface area contributed by atoms with Gasteiger partial charge in [-0.15, -0.1) is 0 Å². The first-order chi connectivity index (χ1) is 12.5. The molecule has 138 valence electrons. The number of aromatic nitrogens is 2. The van der Waals surface area contributed by atoms with Gasteiger partial charge in [-0.25, -0.2) is 4.79 Å². The van der Waals surface area contributed by atoms with E-state index in [1.807, 2.05) is 24.3 Å². The van der Waals surface area contributed by atoms with E-state index in [0.717, 1.165) is 12.0 Å². The average Bonchev–Trinajstić information content (AvgIpc) is 3.29. The van der Waals surface area contributed by atoms with Gasteiger partial charge in [0.25, 0.3) is 0 Å². The summed E-state index contributed by atoms with van der Waals surface area (Å²) in [6.45, 7) is 4.76. The number of hydrogen-bond donors (Lipinski definition) is 1. The number of likely N-dealkylation sites (tertiary alicyclic amines) is 1. The largest absolute Gasteiger partial charge is 0.480 e. The third-order valence-electron chi connectivity index (χ3n) is 4.71. The summed E-state index contributed by atoms with van der Waals surface area (Å²) >= 11 is 0. The summed E-state index contributed by atoms with van der Waals surface area (Å²) in [6, 6.07) is 7.28. The first-order valence-corrected chi connectivity index (χ1v) is 8.91. The molecule has 0 radical (unpaired) electrons. The third kappa shape index (κ3) is 3.92. The van der Waals surface area contributed by atoms with Gasteiger partial charge in [-0.05, 0) is 24.3 Å². The van der Waals surface area contributed by atoms with Gasteiger partial charge in [0.05, 0.1) is 0 Å². The Bertz CT molecular complexity index is 782. The summed E-state index contributed by atoms with van der Waals surface area (Å²) < 4.78 is 5.24. The first kappa shape index (κ1) is 18.1. The van der Waals surface area contributed by atoms with Crippen LogP contribution in [0.4, 0.5) is 0 Å². The fraction of sp³-hybridized carbons (Fsp3) is 0.474. The number of carbonyl (C=O) groups is 2. The van der Waals surface area contributed by atoms with Gasteiger partial charge in [-0.2, -0.15) is 4.98 Å². The maximum absolute atomic E-state index is 12.3. The predicted octanol–water partition coefficient (Wildman–Crippen LogP) is 2.87. The van der Waals surface area contributed by atoms with Crippen molar-refractivity contribution in [3.63, 3.8) is 0 Å². The van der Waals surface area contributed by atoms with Crippen molar-refractivity contribution in [2.24, 2.45) is 0 Å². The van der Waals surface area contributed by atoms with Crippen LogP contribution in [0, 0.1) is 0 Å². The Morgan fingerprint density at radius 2 is 2.04 bits per heavy atom. The van der Waals surface area contributed by atoms with Crippen LogP contribution < -0.4 is 0 Å². The van der Waals surface area contributed by atoms with Crippen molar-refractivity contribution >= 4 is 11.9 Å². The number of benzene rings is 1. The lowest BCUT2D eigenvalue weighted by atomic mass is 10.0. The molecule has 7 nitrogen and oxygen atoms in total. The van der Waals surface area contributed by atoms with Crippen molar-refractivity contribution in [2.75, 3.05) is 6.54 Å². The van der Waals surface area contributed by atoms with Gasteiger partial charge >= 0.3 is 5.97 Å². The fourth-order valence-electron chi connectivity index (χ4n) is 3.17. The number of hydrogen-bond acceptors (Lipinski definition) is 5. The molecule has 1 aromatic carbocycles. The summed E-state index contributed by atoms with van der Waals surface area (Å²) in [5.74, 6) is 0.201. The van der Waals surface area contributed by atoms with E-state index in [1.54, 1.807) is 0 Å². The lowest BCUT2D eigenvalue weighted by molar-refractivity contribution is -0.148. The van der Waals surface area contributed by atoms with Gasteiger partial charge in [0.15, 0.2) is 0 Å². The molecule has 0 bridgehead atoms. The highest BCUT2D eigenvalue weighted by atomic mass is 16.5. The number of rotatable bonds is 6. The van der Waals surface area contributed by atoms with Crippen LogP contribution in [0.3, 0.4) is 0 Å².